The fourth-order valence-electron chi connectivity index (χ4n) is 2.90. The molecule has 1 aromatic heterocycles. The van der Waals surface area contributed by atoms with Crippen molar-refractivity contribution in [2.45, 2.75) is 0 Å². The molecule has 4 rings (SSSR count). The number of primary amides is 1. The fraction of sp³-hybridized carbons (Fsp3) is 0. The zero-order valence-corrected chi connectivity index (χ0v) is 13.4. The van der Waals surface area contributed by atoms with Crippen LogP contribution >= 0.6 is 0 Å². The maximum Gasteiger partial charge on any atom is 0.249 e. The highest BCUT2D eigenvalue weighted by molar-refractivity contribution is 6.00. The number of imidazole rings is 1. The lowest BCUT2D eigenvalue weighted by molar-refractivity contribution is 0.100. The summed E-state index contributed by atoms with van der Waals surface area (Å²) in [6.45, 7) is 0. The van der Waals surface area contributed by atoms with E-state index in [1.807, 2.05) is 54.6 Å². The lowest BCUT2D eigenvalue weighted by Gasteiger charge is -2.06. The number of nitrogens with zero attached hydrogens (tertiary/aromatic N) is 1. The molecule has 0 aliphatic carbocycles. The first-order valence-electron chi connectivity index (χ1n) is 7.87. The number of nitrogen functional groups attached to an aromatic ring is 1. The van der Waals surface area contributed by atoms with E-state index in [4.69, 9.17) is 11.5 Å². The summed E-state index contributed by atoms with van der Waals surface area (Å²) in [6, 6.07) is 20.7. The van der Waals surface area contributed by atoms with Gasteiger partial charge in [-0.2, -0.15) is 0 Å². The highest BCUT2D eigenvalue weighted by Crippen LogP contribution is 2.28. The van der Waals surface area contributed by atoms with Gasteiger partial charge in [-0.15, -0.1) is 0 Å². The van der Waals surface area contributed by atoms with E-state index in [2.05, 4.69) is 9.97 Å². The number of H-pyrrole nitrogens is 1. The number of nitrogens with two attached hydrogens (primary N) is 2. The molecule has 5 heteroatoms. The second-order valence-corrected chi connectivity index (χ2v) is 5.85. The summed E-state index contributed by atoms with van der Waals surface area (Å²) in [5.41, 5.74) is 16.8. The minimum absolute atomic E-state index is 0.444. The number of amides is 1. The van der Waals surface area contributed by atoms with Crippen LogP contribution in [0.2, 0.25) is 0 Å². The Kier molecular flexibility index (Phi) is 3.47. The topological polar surface area (TPSA) is 97.8 Å². The van der Waals surface area contributed by atoms with Crippen molar-refractivity contribution in [3.8, 4) is 22.5 Å². The minimum atomic E-state index is -0.444. The number of carbonyl (C=O) groups is 1. The Morgan fingerprint density at radius 1 is 0.920 bits per heavy atom. The third-order valence-corrected chi connectivity index (χ3v) is 4.17. The first-order valence-corrected chi connectivity index (χ1v) is 7.87. The van der Waals surface area contributed by atoms with Crippen LogP contribution in [0, 0.1) is 0 Å². The number of aromatic nitrogens is 2. The van der Waals surface area contributed by atoms with Crippen LogP contribution in [-0.4, -0.2) is 15.9 Å². The van der Waals surface area contributed by atoms with Crippen LogP contribution in [0.3, 0.4) is 0 Å². The molecule has 122 valence electrons. The van der Waals surface area contributed by atoms with Gasteiger partial charge >= 0.3 is 0 Å². The molecule has 1 heterocycles. The zero-order valence-electron chi connectivity index (χ0n) is 13.4. The number of rotatable bonds is 3. The van der Waals surface area contributed by atoms with E-state index in [0.29, 0.717) is 11.3 Å². The van der Waals surface area contributed by atoms with Gasteiger partial charge in [0.05, 0.1) is 11.0 Å². The van der Waals surface area contributed by atoms with Crippen molar-refractivity contribution in [1.82, 2.24) is 9.97 Å². The van der Waals surface area contributed by atoms with Gasteiger partial charge < -0.3 is 16.5 Å². The zero-order chi connectivity index (χ0) is 17.4. The summed E-state index contributed by atoms with van der Waals surface area (Å²) in [5.74, 6) is 0.329. The molecule has 0 aliphatic rings. The Morgan fingerprint density at radius 2 is 1.64 bits per heavy atom. The quantitative estimate of drug-likeness (QED) is 0.501. The van der Waals surface area contributed by atoms with E-state index in [-0.39, 0.29) is 0 Å². The maximum atomic E-state index is 11.7. The van der Waals surface area contributed by atoms with Crippen LogP contribution in [-0.2, 0) is 0 Å². The SMILES string of the molecule is NC(=O)c1ccccc1-c1ccc2[nH]c(-c3ccc(N)cc3)nc2c1. The number of fused-ring (bicyclic) bond motifs is 1. The molecular formula is C20H16N4O. The number of nitrogens with one attached hydrogen (secondary N) is 1. The molecule has 0 saturated heterocycles. The van der Waals surface area contributed by atoms with E-state index in [9.17, 15) is 4.79 Å². The molecule has 0 aliphatic heterocycles. The number of hydrogen-bond donors (Lipinski definition) is 3. The Bertz CT molecular complexity index is 1080. The molecule has 0 radical (unpaired) electrons. The van der Waals surface area contributed by atoms with E-state index in [1.54, 1.807) is 12.1 Å². The molecule has 5 nitrogen and oxygen atoms in total. The molecule has 1 amide bonds. The highest BCUT2D eigenvalue weighted by Gasteiger charge is 2.11. The van der Waals surface area contributed by atoms with Crippen LogP contribution in [0.4, 0.5) is 5.69 Å². The molecule has 0 unspecified atom stereocenters. The largest absolute Gasteiger partial charge is 0.399 e. The van der Waals surface area contributed by atoms with Gasteiger partial charge in [0.25, 0.3) is 0 Å². The first-order chi connectivity index (χ1) is 12.1. The van der Waals surface area contributed by atoms with Gasteiger partial charge in [0, 0.05) is 16.8 Å². The summed E-state index contributed by atoms with van der Waals surface area (Å²) in [5, 5.41) is 0. The van der Waals surface area contributed by atoms with Crippen LogP contribution in [0.1, 0.15) is 10.4 Å². The van der Waals surface area contributed by atoms with Crippen molar-refractivity contribution in [2.75, 3.05) is 5.73 Å². The predicted molar refractivity (Wildman–Crippen MR) is 99.9 cm³/mol. The summed E-state index contributed by atoms with van der Waals surface area (Å²) in [6.07, 6.45) is 0. The molecule has 3 aromatic carbocycles. The molecular weight excluding hydrogens is 312 g/mol. The lowest BCUT2D eigenvalue weighted by Crippen LogP contribution is -2.12. The molecule has 0 saturated carbocycles. The fourth-order valence-corrected chi connectivity index (χ4v) is 2.90. The average molecular weight is 328 g/mol. The van der Waals surface area contributed by atoms with Gasteiger partial charge in [-0.25, -0.2) is 4.98 Å². The Balaban J connectivity index is 1.81. The Morgan fingerprint density at radius 3 is 2.40 bits per heavy atom. The smallest absolute Gasteiger partial charge is 0.249 e. The molecule has 0 fully saturated rings. The second-order valence-electron chi connectivity index (χ2n) is 5.85. The number of anilines is 1. The van der Waals surface area contributed by atoms with Gasteiger partial charge in [-0.1, -0.05) is 24.3 Å². The molecule has 0 bridgehead atoms. The number of carbonyl (C=O) groups excluding carboxylic acids is 1. The van der Waals surface area contributed by atoms with Crippen LogP contribution in [0.15, 0.2) is 66.7 Å². The van der Waals surface area contributed by atoms with Gasteiger partial charge in [-0.3, -0.25) is 4.79 Å². The summed E-state index contributed by atoms with van der Waals surface area (Å²) < 4.78 is 0. The van der Waals surface area contributed by atoms with Crippen molar-refractivity contribution in [2.24, 2.45) is 5.73 Å². The van der Waals surface area contributed by atoms with Crippen molar-refractivity contribution in [3.63, 3.8) is 0 Å². The predicted octanol–water partition coefficient (Wildman–Crippen LogP) is 3.58. The maximum absolute atomic E-state index is 11.7. The van der Waals surface area contributed by atoms with Crippen LogP contribution in [0.5, 0.6) is 0 Å². The van der Waals surface area contributed by atoms with Crippen molar-refractivity contribution >= 4 is 22.6 Å². The van der Waals surface area contributed by atoms with E-state index in [1.165, 1.54) is 0 Å². The normalized spacial score (nSPS) is 10.9. The summed E-state index contributed by atoms with van der Waals surface area (Å²) in [4.78, 5) is 19.6. The average Bonchev–Trinajstić information content (AvgIpc) is 3.05. The number of hydrogen-bond acceptors (Lipinski definition) is 3. The minimum Gasteiger partial charge on any atom is -0.399 e. The highest BCUT2D eigenvalue weighted by atomic mass is 16.1. The van der Waals surface area contributed by atoms with Gasteiger partial charge in [0.15, 0.2) is 0 Å². The standard InChI is InChI=1S/C20H16N4O/c21-14-8-5-12(6-9-14)20-23-17-10-7-13(11-18(17)24-20)15-3-1-2-4-16(15)19(22)25/h1-11H,21H2,(H2,22,25)(H,23,24). The second kappa shape index (κ2) is 5.79. The summed E-state index contributed by atoms with van der Waals surface area (Å²) in [7, 11) is 0. The molecule has 4 aromatic rings. The third kappa shape index (κ3) is 2.72. The van der Waals surface area contributed by atoms with E-state index >= 15 is 0 Å². The lowest BCUT2D eigenvalue weighted by atomic mass is 9.99. The van der Waals surface area contributed by atoms with Crippen molar-refractivity contribution in [1.29, 1.82) is 0 Å². The first kappa shape index (κ1) is 15.0. The summed E-state index contributed by atoms with van der Waals surface area (Å²) >= 11 is 0. The number of aromatic amines is 1. The van der Waals surface area contributed by atoms with Crippen LogP contribution < -0.4 is 11.5 Å². The molecule has 0 atom stereocenters. The third-order valence-electron chi connectivity index (χ3n) is 4.17. The van der Waals surface area contributed by atoms with E-state index < -0.39 is 5.91 Å². The molecule has 5 N–H and O–H groups in total. The molecule has 25 heavy (non-hydrogen) atoms. The van der Waals surface area contributed by atoms with Gasteiger partial charge in [0.2, 0.25) is 5.91 Å². The van der Waals surface area contributed by atoms with Gasteiger partial charge in [-0.05, 0) is 53.6 Å². The number of benzene rings is 3. The van der Waals surface area contributed by atoms with Crippen molar-refractivity contribution in [3.05, 3.63) is 72.3 Å². The van der Waals surface area contributed by atoms with Gasteiger partial charge in [0.1, 0.15) is 5.82 Å². The Hall–Kier alpha value is -3.60. The van der Waals surface area contributed by atoms with Crippen LogP contribution in [0.25, 0.3) is 33.5 Å². The van der Waals surface area contributed by atoms with E-state index in [0.717, 1.165) is 33.5 Å². The Labute approximate surface area is 144 Å². The monoisotopic (exact) mass is 328 g/mol. The molecule has 0 spiro atoms. The van der Waals surface area contributed by atoms with Crippen molar-refractivity contribution < 1.29 is 4.79 Å².